The van der Waals surface area contributed by atoms with Gasteiger partial charge >= 0.3 is 12.0 Å². The molecule has 0 bridgehead atoms. The van der Waals surface area contributed by atoms with Crippen LogP contribution >= 0.6 is 0 Å². The number of hydrogen-bond donors (Lipinski definition) is 2. The number of likely N-dealkylation sites (tertiary alicyclic amines) is 1. The van der Waals surface area contributed by atoms with Gasteiger partial charge in [-0.05, 0) is 38.5 Å². The molecule has 2 fully saturated rings. The van der Waals surface area contributed by atoms with Gasteiger partial charge in [-0.3, -0.25) is 4.79 Å². The van der Waals surface area contributed by atoms with Crippen molar-refractivity contribution in [1.82, 2.24) is 10.2 Å². The fraction of sp³-hybridized carbons (Fsp3) is 0.867. The second kappa shape index (κ2) is 6.64. The second-order valence-corrected chi connectivity index (χ2v) is 6.50. The SMILES string of the molecule is COCC1CCN(C(=O)NC2CCCC2(C)C(=O)O)CC1. The average molecular weight is 298 g/mol. The van der Waals surface area contributed by atoms with Gasteiger partial charge in [0, 0.05) is 32.8 Å². The van der Waals surface area contributed by atoms with Crippen LogP contribution in [0, 0.1) is 11.3 Å². The Balaban J connectivity index is 1.86. The van der Waals surface area contributed by atoms with Crippen molar-refractivity contribution in [2.45, 2.75) is 45.1 Å². The van der Waals surface area contributed by atoms with Crippen molar-refractivity contribution in [3.05, 3.63) is 0 Å². The molecular formula is C15H26N2O4. The van der Waals surface area contributed by atoms with Crippen molar-refractivity contribution in [3.8, 4) is 0 Å². The van der Waals surface area contributed by atoms with E-state index in [2.05, 4.69) is 5.32 Å². The van der Waals surface area contributed by atoms with Crippen LogP contribution in [-0.4, -0.2) is 54.9 Å². The minimum atomic E-state index is -0.829. The standard InChI is InChI=1S/C15H26N2O4/c1-15(13(18)19)7-3-4-12(15)16-14(20)17-8-5-11(6-9-17)10-21-2/h11-12H,3-10H2,1-2H3,(H,16,20)(H,18,19). The Morgan fingerprint density at radius 3 is 2.57 bits per heavy atom. The van der Waals surface area contributed by atoms with Crippen LogP contribution in [0.1, 0.15) is 39.0 Å². The summed E-state index contributed by atoms with van der Waals surface area (Å²) in [6.45, 7) is 3.92. The van der Waals surface area contributed by atoms with E-state index in [0.29, 0.717) is 12.3 Å². The lowest BCUT2D eigenvalue weighted by Crippen LogP contribution is -2.53. The zero-order valence-electron chi connectivity index (χ0n) is 12.9. The molecule has 1 saturated heterocycles. The lowest BCUT2D eigenvalue weighted by Gasteiger charge is -2.34. The molecule has 1 saturated carbocycles. The molecule has 2 N–H and O–H groups in total. The van der Waals surface area contributed by atoms with Gasteiger partial charge in [0.05, 0.1) is 5.41 Å². The highest BCUT2D eigenvalue weighted by Crippen LogP contribution is 2.38. The summed E-state index contributed by atoms with van der Waals surface area (Å²) in [7, 11) is 1.70. The zero-order valence-corrected chi connectivity index (χ0v) is 12.9. The monoisotopic (exact) mass is 298 g/mol. The zero-order chi connectivity index (χ0) is 15.5. The molecule has 0 spiro atoms. The maximum Gasteiger partial charge on any atom is 0.317 e. The van der Waals surface area contributed by atoms with E-state index in [1.54, 1.807) is 18.9 Å². The van der Waals surface area contributed by atoms with Gasteiger partial charge < -0.3 is 20.1 Å². The molecule has 0 aromatic carbocycles. The number of nitrogens with one attached hydrogen (secondary N) is 1. The van der Waals surface area contributed by atoms with Crippen molar-refractivity contribution >= 4 is 12.0 Å². The maximum atomic E-state index is 12.3. The Labute approximate surface area is 125 Å². The fourth-order valence-corrected chi connectivity index (χ4v) is 3.43. The number of methoxy groups -OCH3 is 1. The topological polar surface area (TPSA) is 78.9 Å². The number of amides is 2. The van der Waals surface area contributed by atoms with Gasteiger partial charge in [0.15, 0.2) is 0 Å². The number of carboxylic acid groups (broad SMARTS) is 1. The van der Waals surface area contributed by atoms with Gasteiger partial charge in [0.2, 0.25) is 0 Å². The molecule has 6 heteroatoms. The van der Waals surface area contributed by atoms with Gasteiger partial charge in [-0.15, -0.1) is 0 Å². The molecule has 2 aliphatic rings. The van der Waals surface area contributed by atoms with Gasteiger partial charge in [-0.1, -0.05) is 6.42 Å². The summed E-state index contributed by atoms with van der Waals surface area (Å²) in [6.07, 6.45) is 4.12. The molecule has 0 aromatic rings. The number of ether oxygens (including phenoxy) is 1. The molecule has 120 valence electrons. The molecule has 1 aliphatic carbocycles. The number of rotatable bonds is 4. The van der Waals surface area contributed by atoms with Crippen LogP contribution in [0.25, 0.3) is 0 Å². The Bertz CT molecular complexity index is 393. The molecule has 2 atom stereocenters. The molecule has 2 rings (SSSR count). The average Bonchev–Trinajstić information content (AvgIpc) is 2.83. The third-order valence-electron chi connectivity index (χ3n) is 5.05. The number of carbonyl (C=O) groups is 2. The van der Waals surface area contributed by atoms with Crippen molar-refractivity contribution in [3.63, 3.8) is 0 Å². The summed E-state index contributed by atoms with van der Waals surface area (Å²) in [4.78, 5) is 25.5. The number of urea groups is 1. The first kappa shape index (κ1) is 16.1. The van der Waals surface area contributed by atoms with E-state index in [4.69, 9.17) is 4.74 Å². The number of carboxylic acids is 1. The van der Waals surface area contributed by atoms with Crippen LogP contribution in [0.15, 0.2) is 0 Å². The molecular weight excluding hydrogens is 272 g/mol. The van der Waals surface area contributed by atoms with Gasteiger partial charge in [0.25, 0.3) is 0 Å². The lowest BCUT2D eigenvalue weighted by atomic mass is 9.85. The van der Waals surface area contributed by atoms with Crippen LogP contribution in [0.2, 0.25) is 0 Å². The maximum absolute atomic E-state index is 12.3. The van der Waals surface area contributed by atoms with Crippen LogP contribution in [0.5, 0.6) is 0 Å². The predicted octanol–water partition coefficient (Wildman–Crippen LogP) is 1.70. The molecule has 1 aliphatic heterocycles. The first-order chi connectivity index (χ1) is 9.97. The number of hydrogen-bond acceptors (Lipinski definition) is 3. The Morgan fingerprint density at radius 1 is 1.33 bits per heavy atom. The number of piperidine rings is 1. The number of carbonyl (C=O) groups excluding carboxylic acids is 1. The van der Waals surface area contributed by atoms with Crippen molar-refractivity contribution in [1.29, 1.82) is 0 Å². The van der Waals surface area contributed by atoms with E-state index >= 15 is 0 Å². The van der Waals surface area contributed by atoms with Crippen LogP contribution in [0.4, 0.5) is 4.79 Å². The molecule has 0 aromatic heterocycles. The van der Waals surface area contributed by atoms with Crippen molar-refractivity contribution in [2.24, 2.45) is 11.3 Å². The summed E-state index contributed by atoms with van der Waals surface area (Å²) in [6, 6.07) is -0.385. The van der Waals surface area contributed by atoms with E-state index in [1.807, 2.05) is 0 Å². The highest BCUT2D eigenvalue weighted by molar-refractivity contribution is 5.79. The summed E-state index contributed by atoms with van der Waals surface area (Å²) in [5, 5.41) is 12.3. The molecule has 2 unspecified atom stereocenters. The Kier molecular flexibility index (Phi) is 5.08. The van der Waals surface area contributed by atoms with E-state index in [1.165, 1.54) is 0 Å². The Hall–Kier alpha value is -1.30. The van der Waals surface area contributed by atoms with Crippen molar-refractivity contribution < 1.29 is 19.4 Å². The fourth-order valence-electron chi connectivity index (χ4n) is 3.43. The van der Waals surface area contributed by atoms with Gasteiger partial charge in [0.1, 0.15) is 0 Å². The minimum Gasteiger partial charge on any atom is -0.481 e. The normalized spacial score (nSPS) is 30.4. The van der Waals surface area contributed by atoms with Crippen LogP contribution in [-0.2, 0) is 9.53 Å². The van der Waals surface area contributed by atoms with E-state index < -0.39 is 11.4 Å². The quantitative estimate of drug-likeness (QED) is 0.828. The molecule has 6 nitrogen and oxygen atoms in total. The smallest absolute Gasteiger partial charge is 0.317 e. The van der Waals surface area contributed by atoms with Crippen LogP contribution < -0.4 is 5.32 Å². The van der Waals surface area contributed by atoms with E-state index in [-0.39, 0.29) is 12.1 Å². The molecule has 0 radical (unpaired) electrons. The molecule has 21 heavy (non-hydrogen) atoms. The third kappa shape index (κ3) is 3.48. The summed E-state index contributed by atoms with van der Waals surface area (Å²) < 4.78 is 5.15. The predicted molar refractivity (Wildman–Crippen MR) is 78.1 cm³/mol. The number of aliphatic carboxylic acids is 1. The van der Waals surface area contributed by atoms with E-state index in [0.717, 1.165) is 45.4 Å². The highest BCUT2D eigenvalue weighted by atomic mass is 16.5. The largest absolute Gasteiger partial charge is 0.481 e. The van der Waals surface area contributed by atoms with Gasteiger partial charge in [-0.2, -0.15) is 0 Å². The molecule has 1 heterocycles. The van der Waals surface area contributed by atoms with Crippen molar-refractivity contribution in [2.75, 3.05) is 26.8 Å². The third-order valence-corrected chi connectivity index (χ3v) is 5.05. The van der Waals surface area contributed by atoms with E-state index in [9.17, 15) is 14.7 Å². The van der Waals surface area contributed by atoms with Gasteiger partial charge in [-0.25, -0.2) is 4.79 Å². The Morgan fingerprint density at radius 2 is 2.00 bits per heavy atom. The first-order valence-corrected chi connectivity index (χ1v) is 7.75. The first-order valence-electron chi connectivity index (χ1n) is 7.75. The summed E-state index contributed by atoms with van der Waals surface area (Å²) in [5.74, 6) is -0.293. The number of nitrogens with zero attached hydrogens (tertiary/aromatic N) is 1. The minimum absolute atomic E-state index is 0.120. The van der Waals surface area contributed by atoms with Crippen LogP contribution in [0.3, 0.4) is 0 Å². The summed E-state index contributed by atoms with van der Waals surface area (Å²) >= 11 is 0. The lowest BCUT2D eigenvalue weighted by molar-refractivity contribution is -0.148. The molecule has 2 amide bonds. The summed E-state index contributed by atoms with van der Waals surface area (Å²) in [5.41, 5.74) is -0.829. The second-order valence-electron chi connectivity index (χ2n) is 6.50. The highest BCUT2D eigenvalue weighted by Gasteiger charge is 2.46.